The number of piperidine rings is 1. The number of ketones is 1. The zero-order valence-electron chi connectivity index (χ0n) is 17.0. The second-order valence-electron chi connectivity index (χ2n) is 6.20. The van der Waals surface area contributed by atoms with Crippen molar-refractivity contribution in [3.8, 4) is 0 Å². The number of nitrogens with one attached hydrogen (secondary N) is 2. The maximum absolute atomic E-state index is 12.6. The minimum atomic E-state index is -5.15. The molecule has 1 aromatic rings. The van der Waals surface area contributed by atoms with Crippen molar-refractivity contribution in [2.75, 3.05) is 36.5 Å². The Hall–Kier alpha value is -3.04. The molecular formula is C16H25N5O9S. The third-order valence-corrected chi connectivity index (χ3v) is 4.34. The third kappa shape index (κ3) is 7.30. The standard InChI is InChI=1S/C16H23N5O8S.H2O/c1-3-17-15(23)13(22)14-18-11(20-8-6-5-7-9-20)10-12(19-16(24)28-4-2)21(14)29-30(25,26)27;/h10H,3-9H2,1-2H3,(H2,17,23,25,26,27);1H2. The molecule has 1 aliphatic heterocycles. The second kappa shape index (κ2) is 11.4. The summed E-state index contributed by atoms with van der Waals surface area (Å²) in [5, 5.41) is 4.51. The molecule has 4 N–H and O–H groups in total. The van der Waals surface area contributed by atoms with Crippen LogP contribution in [0.15, 0.2) is 6.07 Å². The van der Waals surface area contributed by atoms with Crippen LogP contribution < -0.4 is 24.5 Å². The highest BCUT2D eigenvalue weighted by Crippen LogP contribution is 2.20. The molecule has 0 unspecified atom stereocenters. The van der Waals surface area contributed by atoms with Crippen LogP contribution in [0.2, 0.25) is 0 Å². The lowest BCUT2D eigenvalue weighted by atomic mass is 10.1. The zero-order valence-corrected chi connectivity index (χ0v) is 17.8. The summed E-state index contributed by atoms with van der Waals surface area (Å²) in [7, 11) is -5.15. The van der Waals surface area contributed by atoms with Gasteiger partial charge in [0.25, 0.3) is 11.7 Å². The fraction of sp³-hybridized carbons (Fsp3) is 0.562. The Morgan fingerprint density at radius 2 is 1.87 bits per heavy atom. The lowest BCUT2D eigenvalue weighted by molar-refractivity contribution is -0.848. The lowest BCUT2D eigenvalue weighted by Crippen LogP contribution is -2.55. The van der Waals surface area contributed by atoms with E-state index in [1.165, 1.54) is 6.07 Å². The quantitative estimate of drug-likeness (QED) is 0.191. The van der Waals surface area contributed by atoms with Gasteiger partial charge in [-0.1, -0.05) is 4.98 Å². The first kappa shape index (κ1) is 26.0. The highest BCUT2D eigenvalue weighted by Gasteiger charge is 2.35. The Morgan fingerprint density at radius 3 is 2.42 bits per heavy atom. The molecule has 0 atom stereocenters. The number of anilines is 2. The van der Waals surface area contributed by atoms with Crippen LogP contribution >= 0.6 is 0 Å². The van der Waals surface area contributed by atoms with E-state index < -0.39 is 34.0 Å². The summed E-state index contributed by atoms with van der Waals surface area (Å²) < 4.78 is 41.3. The number of rotatable bonds is 8. The summed E-state index contributed by atoms with van der Waals surface area (Å²) >= 11 is 0. The van der Waals surface area contributed by atoms with Crippen molar-refractivity contribution in [3.63, 3.8) is 0 Å². The van der Waals surface area contributed by atoms with Gasteiger partial charge in [0.15, 0.2) is 0 Å². The molecule has 1 fully saturated rings. The number of carbonyl (C=O) groups is 3. The molecule has 0 spiro atoms. The second-order valence-corrected chi connectivity index (χ2v) is 7.21. The van der Waals surface area contributed by atoms with Gasteiger partial charge < -0.3 is 20.4 Å². The van der Waals surface area contributed by atoms with Crippen molar-refractivity contribution in [1.82, 2.24) is 10.3 Å². The van der Waals surface area contributed by atoms with Crippen molar-refractivity contribution >= 4 is 39.8 Å². The highest BCUT2D eigenvalue weighted by molar-refractivity contribution is 7.80. The maximum Gasteiger partial charge on any atom is 0.476 e. The van der Waals surface area contributed by atoms with Crippen LogP contribution in [0.3, 0.4) is 0 Å². The van der Waals surface area contributed by atoms with Crippen molar-refractivity contribution in [2.45, 2.75) is 33.1 Å². The van der Waals surface area contributed by atoms with E-state index in [9.17, 15) is 22.8 Å². The largest absolute Gasteiger partial charge is 0.870 e. The SMILES string of the molecule is CCNC(=O)C(=O)c1nc(N2CCCCC2)cc(NC(=O)OCC)[n+]1OS(=O)(=O)O.[OH-]. The van der Waals surface area contributed by atoms with E-state index in [4.69, 9.17) is 9.29 Å². The van der Waals surface area contributed by atoms with Gasteiger partial charge in [0.2, 0.25) is 5.82 Å². The molecule has 1 saturated heterocycles. The molecule has 2 rings (SSSR count). The van der Waals surface area contributed by atoms with Gasteiger partial charge in [-0.25, -0.2) is 14.4 Å². The number of ether oxygens (including phenoxy) is 1. The summed E-state index contributed by atoms with van der Waals surface area (Å²) in [5.74, 6) is -3.23. The Balaban J connectivity index is 0.00000480. The van der Waals surface area contributed by atoms with Gasteiger partial charge in [-0.3, -0.25) is 14.1 Å². The Kier molecular flexibility index (Phi) is 9.54. The molecule has 15 heteroatoms. The number of carbonyl (C=O) groups excluding carboxylic acids is 3. The first-order valence-electron chi connectivity index (χ1n) is 9.32. The van der Waals surface area contributed by atoms with Crippen LogP contribution in [0.25, 0.3) is 0 Å². The predicted molar refractivity (Wildman–Crippen MR) is 104 cm³/mol. The summed E-state index contributed by atoms with van der Waals surface area (Å²) in [6, 6.07) is 1.25. The minimum Gasteiger partial charge on any atom is -0.870 e. The molecule has 1 aliphatic rings. The van der Waals surface area contributed by atoms with E-state index in [1.54, 1.807) is 13.8 Å². The number of hydrogen-bond acceptors (Lipinski definition) is 10. The molecule has 14 nitrogen and oxygen atoms in total. The summed E-state index contributed by atoms with van der Waals surface area (Å²) in [5.41, 5.74) is 0. The average molecular weight is 463 g/mol. The highest BCUT2D eigenvalue weighted by atomic mass is 32.3. The van der Waals surface area contributed by atoms with Crippen LogP contribution in [-0.4, -0.2) is 67.5 Å². The zero-order chi connectivity index (χ0) is 22.3. The van der Waals surface area contributed by atoms with Gasteiger partial charge in [-0.2, -0.15) is 8.42 Å². The smallest absolute Gasteiger partial charge is 0.476 e. The molecule has 0 aromatic carbocycles. The van der Waals surface area contributed by atoms with Crippen molar-refractivity contribution in [1.29, 1.82) is 0 Å². The third-order valence-electron chi connectivity index (χ3n) is 4.00. The van der Waals surface area contributed by atoms with Crippen LogP contribution in [0.5, 0.6) is 0 Å². The van der Waals surface area contributed by atoms with E-state index >= 15 is 0 Å². The molecular weight excluding hydrogens is 438 g/mol. The number of aromatic nitrogens is 2. The normalized spacial score (nSPS) is 13.6. The monoisotopic (exact) mass is 463 g/mol. The van der Waals surface area contributed by atoms with Gasteiger partial charge in [0.1, 0.15) is 0 Å². The summed E-state index contributed by atoms with van der Waals surface area (Å²) in [4.78, 5) is 42.5. The number of likely N-dealkylation sites (N-methyl/N-ethyl adjacent to an activating group) is 1. The predicted octanol–water partition coefficient (Wildman–Crippen LogP) is -0.699. The molecule has 0 radical (unpaired) electrons. The summed E-state index contributed by atoms with van der Waals surface area (Å²) in [6.07, 6.45) is 1.75. The minimum absolute atomic E-state index is 0. The number of hydrogen-bond donors (Lipinski definition) is 3. The molecule has 2 heterocycles. The van der Waals surface area contributed by atoms with Gasteiger partial charge >= 0.3 is 28.1 Å². The fourth-order valence-electron chi connectivity index (χ4n) is 2.78. The fourth-order valence-corrected chi connectivity index (χ4v) is 3.12. The first-order valence-corrected chi connectivity index (χ1v) is 10.7. The Bertz CT molecular complexity index is 916. The molecule has 0 bridgehead atoms. The van der Waals surface area contributed by atoms with Gasteiger partial charge in [0, 0.05) is 19.6 Å². The molecule has 1 aromatic heterocycles. The van der Waals surface area contributed by atoms with Gasteiger partial charge in [-0.05, 0) is 37.8 Å². The molecule has 0 aliphatic carbocycles. The van der Waals surface area contributed by atoms with E-state index in [0.717, 1.165) is 19.3 Å². The number of nitrogens with zero attached hydrogens (tertiary/aromatic N) is 3. The van der Waals surface area contributed by atoms with E-state index in [2.05, 4.69) is 19.9 Å². The lowest BCUT2D eigenvalue weighted by Gasteiger charge is -2.26. The van der Waals surface area contributed by atoms with Crippen LogP contribution in [-0.2, 0) is 19.9 Å². The number of Topliss-reactive ketones (excluding diaryl/α,β-unsaturated/α-hetero) is 1. The van der Waals surface area contributed by atoms with Crippen molar-refractivity contribution < 1.29 is 46.6 Å². The average Bonchev–Trinajstić information content (AvgIpc) is 2.68. The van der Waals surface area contributed by atoms with Crippen LogP contribution in [0, 0.1) is 0 Å². The van der Waals surface area contributed by atoms with Gasteiger partial charge in [-0.15, -0.1) is 0 Å². The summed E-state index contributed by atoms with van der Waals surface area (Å²) in [6.45, 7) is 4.48. The Labute approximate surface area is 178 Å². The van der Waals surface area contributed by atoms with E-state index in [1.807, 2.05) is 4.90 Å². The van der Waals surface area contributed by atoms with E-state index in [0.29, 0.717) is 13.1 Å². The van der Waals surface area contributed by atoms with Gasteiger partial charge in [0.05, 0.1) is 12.7 Å². The maximum atomic E-state index is 12.6. The molecule has 31 heavy (non-hydrogen) atoms. The van der Waals surface area contributed by atoms with Crippen molar-refractivity contribution in [2.24, 2.45) is 0 Å². The Morgan fingerprint density at radius 1 is 1.23 bits per heavy atom. The molecule has 174 valence electrons. The number of amides is 2. The van der Waals surface area contributed by atoms with E-state index in [-0.39, 0.29) is 35.0 Å². The van der Waals surface area contributed by atoms with Crippen LogP contribution in [0.4, 0.5) is 16.4 Å². The topological polar surface area (TPSA) is 198 Å². The molecule has 2 amide bonds. The first-order chi connectivity index (χ1) is 14.2. The van der Waals surface area contributed by atoms with Crippen molar-refractivity contribution in [3.05, 3.63) is 11.9 Å². The molecule has 0 saturated carbocycles. The van der Waals surface area contributed by atoms with Crippen LogP contribution in [0.1, 0.15) is 43.7 Å².